The van der Waals surface area contributed by atoms with Gasteiger partial charge >= 0.3 is 0 Å². The average molecular weight is 326 g/mol. The van der Waals surface area contributed by atoms with Crippen molar-refractivity contribution in [1.82, 2.24) is 5.32 Å². The van der Waals surface area contributed by atoms with E-state index in [-0.39, 0.29) is 11.9 Å². The minimum absolute atomic E-state index is 0.000988. The SMILES string of the molecule is CCNC(Cc1cc(Cl)ccc1F)c1ccc(C)c(Cl)c1. The molecule has 0 bridgehead atoms. The van der Waals surface area contributed by atoms with Crippen LogP contribution in [-0.2, 0) is 6.42 Å². The lowest BCUT2D eigenvalue weighted by molar-refractivity contribution is 0.528. The van der Waals surface area contributed by atoms with E-state index in [9.17, 15) is 4.39 Å². The second kappa shape index (κ2) is 7.26. The van der Waals surface area contributed by atoms with Crippen LogP contribution in [0.25, 0.3) is 0 Å². The van der Waals surface area contributed by atoms with Gasteiger partial charge in [-0.15, -0.1) is 0 Å². The van der Waals surface area contributed by atoms with E-state index in [1.807, 2.05) is 32.0 Å². The molecule has 1 atom stereocenters. The zero-order valence-corrected chi connectivity index (χ0v) is 13.6. The fourth-order valence-electron chi connectivity index (χ4n) is 2.30. The maximum atomic E-state index is 13.9. The number of rotatable bonds is 5. The molecular formula is C17H18Cl2FN. The lowest BCUT2D eigenvalue weighted by Crippen LogP contribution is -2.23. The molecule has 0 aliphatic carbocycles. The van der Waals surface area contributed by atoms with E-state index in [1.165, 1.54) is 6.07 Å². The van der Waals surface area contributed by atoms with Gasteiger partial charge in [0.2, 0.25) is 0 Å². The fourth-order valence-corrected chi connectivity index (χ4v) is 2.68. The smallest absolute Gasteiger partial charge is 0.126 e. The summed E-state index contributed by atoms with van der Waals surface area (Å²) in [5, 5.41) is 4.64. The first kappa shape index (κ1) is 16.3. The molecule has 2 rings (SSSR count). The zero-order chi connectivity index (χ0) is 15.4. The summed E-state index contributed by atoms with van der Waals surface area (Å²) in [5.41, 5.74) is 2.68. The van der Waals surface area contributed by atoms with Crippen LogP contribution in [0.5, 0.6) is 0 Å². The monoisotopic (exact) mass is 325 g/mol. The van der Waals surface area contributed by atoms with Gasteiger partial charge < -0.3 is 5.32 Å². The van der Waals surface area contributed by atoms with Gasteiger partial charge in [-0.05, 0) is 60.8 Å². The van der Waals surface area contributed by atoms with Crippen LogP contribution < -0.4 is 5.32 Å². The highest BCUT2D eigenvalue weighted by molar-refractivity contribution is 6.31. The third-order valence-corrected chi connectivity index (χ3v) is 4.12. The molecular weight excluding hydrogens is 308 g/mol. The van der Waals surface area contributed by atoms with Gasteiger partial charge in [0.15, 0.2) is 0 Å². The molecule has 0 amide bonds. The Labute approximate surface area is 135 Å². The van der Waals surface area contributed by atoms with Crippen molar-refractivity contribution in [2.24, 2.45) is 0 Å². The number of hydrogen-bond donors (Lipinski definition) is 1. The number of hydrogen-bond acceptors (Lipinski definition) is 1. The van der Waals surface area contributed by atoms with Crippen LogP contribution in [0.3, 0.4) is 0 Å². The second-order valence-corrected chi connectivity index (χ2v) is 5.90. The van der Waals surface area contributed by atoms with Crippen molar-refractivity contribution in [3.63, 3.8) is 0 Å². The molecule has 2 aromatic rings. The number of likely N-dealkylation sites (N-methyl/N-ethyl adjacent to an activating group) is 1. The molecule has 1 nitrogen and oxygen atoms in total. The molecule has 0 aliphatic rings. The molecule has 0 heterocycles. The summed E-state index contributed by atoms with van der Waals surface area (Å²) < 4.78 is 13.9. The molecule has 0 radical (unpaired) electrons. The Morgan fingerprint density at radius 1 is 1.14 bits per heavy atom. The van der Waals surface area contributed by atoms with Crippen molar-refractivity contribution >= 4 is 23.2 Å². The molecule has 0 saturated heterocycles. The van der Waals surface area contributed by atoms with E-state index in [0.717, 1.165) is 22.7 Å². The first-order valence-electron chi connectivity index (χ1n) is 6.94. The van der Waals surface area contributed by atoms with E-state index < -0.39 is 0 Å². The molecule has 1 unspecified atom stereocenters. The van der Waals surface area contributed by atoms with Gasteiger partial charge in [0.05, 0.1) is 0 Å². The van der Waals surface area contributed by atoms with Crippen molar-refractivity contribution in [1.29, 1.82) is 0 Å². The Morgan fingerprint density at radius 2 is 1.90 bits per heavy atom. The van der Waals surface area contributed by atoms with Crippen LogP contribution in [0.15, 0.2) is 36.4 Å². The lowest BCUT2D eigenvalue weighted by atomic mass is 9.97. The van der Waals surface area contributed by atoms with Crippen LogP contribution >= 0.6 is 23.2 Å². The van der Waals surface area contributed by atoms with Crippen molar-refractivity contribution in [2.45, 2.75) is 26.3 Å². The molecule has 1 N–H and O–H groups in total. The number of halogens is 3. The van der Waals surface area contributed by atoms with Gasteiger partial charge in [0.1, 0.15) is 5.82 Å². The first-order valence-corrected chi connectivity index (χ1v) is 7.70. The van der Waals surface area contributed by atoms with E-state index in [1.54, 1.807) is 12.1 Å². The number of nitrogens with one attached hydrogen (secondary N) is 1. The normalized spacial score (nSPS) is 12.4. The molecule has 0 aliphatic heterocycles. The molecule has 21 heavy (non-hydrogen) atoms. The minimum Gasteiger partial charge on any atom is -0.310 e. The quantitative estimate of drug-likeness (QED) is 0.782. The van der Waals surface area contributed by atoms with Crippen LogP contribution in [0, 0.1) is 12.7 Å². The van der Waals surface area contributed by atoms with Crippen LogP contribution in [0.1, 0.15) is 29.7 Å². The lowest BCUT2D eigenvalue weighted by Gasteiger charge is -2.20. The highest BCUT2D eigenvalue weighted by Gasteiger charge is 2.15. The summed E-state index contributed by atoms with van der Waals surface area (Å²) in [6, 6.07) is 10.6. The fraction of sp³-hybridized carbons (Fsp3) is 0.294. The number of benzene rings is 2. The minimum atomic E-state index is -0.236. The predicted molar refractivity (Wildman–Crippen MR) is 87.7 cm³/mol. The Hall–Kier alpha value is -1.09. The van der Waals surface area contributed by atoms with Gasteiger partial charge in [-0.25, -0.2) is 4.39 Å². The van der Waals surface area contributed by atoms with Gasteiger partial charge in [-0.2, -0.15) is 0 Å². The van der Waals surface area contributed by atoms with E-state index >= 15 is 0 Å². The maximum Gasteiger partial charge on any atom is 0.126 e. The highest BCUT2D eigenvalue weighted by Crippen LogP contribution is 2.26. The Bertz CT molecular complexity index is 628. The molecule has 0 saturated carbocycles. The Balaban J connectivity index is 2.30. The summed E-state index contributed by atoms with van der Waals surface area (Å²) >= 11 is 12.2. The van der Waals surface area contributed by atoms with Crippen LogP contribution in [0.2, 0.25) is 10.0 Å². The van der Waals surface area contributed by atoms with Gasteiger partial charge in [-0.3, -0.25) is 0 Å². The summed E-state index contributed by atoms with van der Waals surface area (Å²) in [6.45, 7) is 4.78. The first-order chi connectivity index (χ1) is 10.0. The van der Waals surface area contributed by atoms with Crippen molar-refractivity contribution in [2.75, 3.05) is 6.54 Å². The third kappa shape index (κ3) is 4.19. The topological polar surface area (TPSA) is 12.0 Å². The summed E-state index contributed by atoms with van der Waals surface area (Å²) in [5.74, 6) is -0.236. The third-order valence-electron chi connectivity index (χ3n) is 3.48. The van der Waals surface area contributed by atoms with Gasteiger partial charge in [-0.1, -0.05) is 42.3 Å². The molecule has 4 heteroatoms. The average Bonchev–Trinajstić information content (AvgIpc) is 2.45. The molecule has 0 aromatic heterocycles. The van der Waals surface area contributed by atoms with Gasteiger partial charge in [0.25, 0.3) is 0 Å². The highest BCUT2D eigenvalue weighted by atomic mass is 35.5. The summed E-state index contributed by atoms with van der Waals surface area (Å²) in [7, 11) is 0. The largest absolute Gasteiger partial charge is 0.310 e. The van der Waals surface area contributed by atoms with E-state index in [4.69, 9.17) is 23.2 Å². The Morgan fingerprint density at radius 3 is 2.57 bits per heavy atom. The second-order valence-electron chi connectivity index (χ2n) is 5.06. The van der Waals surface area contributed by atoms with E-state index in [0.29, 0.717) is 17.0 Å². The number of aryl methyl sites for hydroxylation is 1. The standard InChI is InChI=1S/C17H18Cl2FN/c1-3-21-17(12-5-4-11(2)15(19)9-12)10-13-8-14(18)6-7-16(13)20/h4-9,17,21H,3,10H2,1-2H3. The zero-order valence-electron chi connectivity index (χ0n) is 12.1. The predicted octanol–water partition coefficient (Wildman–Crippen LogP) is 5.33. The van der Waals surface area contributed by atoms with E-state index in [2.05, 4.69) is 5.32 Å². The maximum absolute atomic E-state index is 13.9. The summed E-state index contributed by atoms with van der Waals surface area (Å²) in [4.78, 5) is 0. The van der Waals surface area contributed by atoms with Crippen molar-refractivity contribution in [3.8, 4) is 0 Å². The van der Waals surface area contributed by atoms with Crippen molar-refractivity contribution < 1.29 is 4.39 Å². The molecule has 2 aromatic carbocycles. The van der Waals surface area contributed by atoms with Gasteiger partial charge in [0, 0.05) is 16.1 Å². The molecule has 0 spiro atoms. The van der Waals surface area contributed by atoms with Crippen molar-refractivity contribution in [3.05, 3.63) is 69.0 Å². The summed E-state index contributed by atoms with van der Waals surface area (Å²) in [6.07, 6.45) is 0.527. The molecule has 112 valence electrons. The Kier molecular flexibility index (Phi) is 5.63. The van der Waals surface area contributed by atoms with Crippen LogP contribution in [0.4, 0.5) is 4.39 Å². The molecule has 0 fully saturated rings. The van der Waals surface area contributed by atoms with Crippen LogP contribution in [-0.4, -0.2) is 6.54 Å².